The summed E-state index contributed by atoms with van der Waals surface area (Å²) in [5.41, 5.74) is 2.25. The third-order valence-electron chi connectivity index (χ3n) is 3.97. The van der Waals surface area contributed by atoms with Gasteiger partial charge in [0.05, 0.1) is 11.8 Å². The first kappa shape index (κ1) is 13.8. The smallest absolute Gasteiger partial charge is 0.271 e. The van der Waals surface area contributed by atoms with Gasteiger partial charge in [0, 0.05) is 19.2 Å². The summed E-state index contributed by atoms with van der Waals surface area (Å²) in [4.78, 5) is 14.0. The zero-order valence-electron chi connectivity index (χ0n) is 12.0. The number of benzene rings is 1. The first-order valence-corrected chi connectivity index (χ1v) is 7.18. The Bertz CT molecular complexity index is 617. The van der Waals surface area contributed by atoms with E-state index in [0.29, 0.717) is 18.2 Å². The maximum atomic E-state index is 12.3. The number of rotatable bonds is 4. The van der Waals surface area contributed by atoms with Crippen LogP contribution in [-0.4, -0.2) is 45.8 Å². The Labute approximate surface area is 123 Å². The molecule has 5 nitrogen and oxygen atoms in total. The van der Waals surface area contributed by atoms with Gasteiger partial charge in [-0.1, -0.05) is 30.3 Å². The van der Waals surface area contributed by atoms with E-state index in [2.05, 4.69) is 10.2 Å². The highest BCUT2D eigenvalue weighted by molar-refractivity contribution is 5.93. The van der Waals surface area contributed by atoms with Crippen LogP contribution in [0.2, 0.25) is 0 Å². The molecule has 0 aliphatic heterocycles. The maximum absolute atomic E-state index is 12.3. The Kier molecular flexibility index (Phi) is 3.75. The number of aromatic nitrogens is 2. The number of hydrogen-bond acceptors (Lipinski definition) is 3. The van der Waals surface area contributed by atoms with Crippen molar-refractivity contribution in [2.24, 2.45) is 5.92 Å². The Morgan fingerprint density at radius 3 is 2.76 bits per heavy atom. The van der Waals surface area contributed by atoms with Crippen LogP contribution in [-0.2, 0) is 0 Å². The number of aromatic amines is 1. The van der Waals surface area contributed by atoms with Gasteiger partial charge < -0.3 is 10.0 Å². The maximum Gasteiger partial charge on any atom is 0.271 e. The second-order valence-electron chi connectivity index (χ2n) is 5.71. The topological polar surface area (TPSA) is 69.2 Å². The molecule has 0 radical (unpaired) electrons. The summed E-state index contributed by atoms with van der Waals surface area (Å²) in [5.74, 6) is 0.344. The molecular formula is C16H19N3O2. The van der Waals surface area contributed by atoms with Crippen molar-refractivity contribution < 1.29 is 9.90 Å². The van der Waals surface area contributed by atoms with E-state index in [4.69, 9.17) is 0 Å². The highest BCUT2D eigenvalue weighted by Gasteiger charge is 2.29. The van der Waals surface area contributed by atoms with Crippen LogP contribution in [0.15, 0.2) is 36.4 Å². The van der Waals surface area contributed by atoms with Crippen molar-refractivity contribution in [3.8, 4) is 11.3 Å². The molecule has 0 saturated heterocycles. The minimum absolute atomic E-state index is 0.0638. The first-order valence-electron chi connectivity index (χ1n) is 7.18. The van der Waals surface area contributed by atoms with Gasteiger partial charge >= 0.3 is 0 Å². The zero-order valence-corrected chi connectivity index (χ0v) is 12.0. The normalized spacial score (nSPS) is 20.9. The van der Waals surface area contributed by atoms with Gasteiger partial charge in [0.25, 0.3) is 5.91 Å². The van der Waals surface area contributed by atoms with E-state index in [0.717, 1.165) is 24.1 Å². The molecule has 1 heterocycles. The van der Waals surface area contributed by atoms with Gasteiger partial charge in [-0.25, -0.2) is 0 Å². The molecular weight excluding hydrogens is 266 g/mol. The quantitative estimate of drug-likeness (QED) is 0.901. The van der Waals surface area contributed by atoms with Gasteiger partial charge in [0.2, 0.25) is 0 Å². The van der Waals surface area contributed by atoms with E-state index in [-0.39, 0.29) is 12.0 Å². The van der Waals surface area contributed by atoms with Crippen molar-refractivity contribution >= 4 is 5.91 Å². The monoisotopic (exact) mass is 285 g/mol. The van der Waals surface area contributed by atoms with E-state index in [9.17, 15) is 9.90 Å². The Morgan fingerprint density at radius 1 is 1.38 bits per heavy atom. The van der Waals surface area contributed by atoms with Crippen LogP contribution in [0.25, 0.3) is 11.3 Å². The highest BCUT2D eigenvalue weighted by atomic mass is 16.3. The lowest BCUT2D eigenvalue weighted by molar-refractivity contribution is 0.0264. The lowest BCUT2D eigenvalue weighted by Gasteiger charge is -2.34. The molecule has 0 bridgehead atoms. The van der Waals surface area contributed by atoms with Crippen molar-refractivity contribution in [1.29, 1.82) is 0 Å². The lowest BCUT2D eigenvalue weighted by Crippen LogP contribution is -2.39. The van der Waals surface area contributed by atoms with Gasteiger partial charge in [0.1, 0.15) is 5.69 Å². The standard InChI is InChI=1S/C16H19N3O2/c1-19(10-11-7-13(20)8-11)16(21)15-9-14(17-18-15)12-5-3-2-4-6-12/h2-6,9,11,13,20H,7-8,10H2,1H3,(H,17,18). The van der Waals surface area contributed by atoms with Crippen LogP contribution >= 0.6 is 0 Å². The van der Waals surface area contributed by atoms with E-state index < -0.39 is 0 Å². The van der Waals surface area contributed by atoms with Crippen LogP contribution in [0.3, 0.4) is 0 Å². The molecule has 0 spiro atoms. The van der Waals surface area contributed by atoms with Crippen LogP contribution < -0.4 is 0 Å². The minimum atomic E-state index is -0.185. The first-order chi connectivity index (χ1) is 10.1. The van der Waals surface area contributed by atoms with Gasteiger partial charge in [-0.3, -0.25) is 9.89 Å². The summed E-state index contributed by atoms with van der Waals surface area (Å²) in [6.45, 7) is 0.676. The molecule has 3 rings (SSSR count). The molecule has 0 unspecified atom stereocenters. The number of nitrogens with one attached hydrogen (secondary N) is 1. The molecule has 1 saturated carbocycles. The Balaban J connectivity index is 1.66. The fraction of sp³-hybridized carbons (Fsp3) is 0.375. The van der Waals surface area contributed by atoms with Crippen LogP contribution in [0.1, 0.15) is 23.3 Å². The molecule has 2 aromatic rings. The van der Waals surface area contributed by atoms with Gasteiger partial charge in [-0.15, -0.1) is 0 Å². The number of carbonyl (C=O) groups excluding carboxylic acids is 1. The van der Waals surface area contributed by atoms with E-state index in [1.54, 1.807) is 18.0 Å². The van der Waals surface area contributed by atoms with Crippen molar-refractivity contribution in [3.63, 3.8) is 0 Å². The summed E-state index contributed by atoms with van der Waals surface area (Å²) in [7, 11) is 1.79. The fourth-order valence-corrected chi connectivity index (χ4v) is 2.71. The molecule has 1 aromatic heterocycles. The average molecular weight is 285 g/mol. The van der Waals surface area contributed by atoms with Crippen LogP contribution in [0.4, 0.5) is 0 Å². The molecule has 110 valence electrons. The van der Waals surface area contributed by atoms with Crippen molar-refractivity contribution in [2.75, 3.05) is 13.6 Å². The van der Waals surface area contributed by atoms with Crippen LogP contribution in [0.5, 0.6) is 0 Å². The number of hydrogen-bond donors (Lipinski definition) is 2. The molecule has 5 heteroatoms. The number of H-pyrrole nitrogens is 1. The molecule has 21 heavy (non-hydrogen) atoms. The van der Waals surface area contributed by atoms with E-state index in [1.807, 2.05) is 30.3 Å². The van der Waals surface area contributed by atoms with Crippen LogP contribution in [0, 0.1) is 5.92 Å². The summed E-state index contributed by atoms with van der Waals surface area (Å²) in [6.07, 6.45) is 1.39. The second-order valence-corrected chi connectivity index (χ2v) is 5.71. The summed E-state index contributed by atoms with van der Waals surface area (Å²) < 4.78 is 0. The third-order valence-corrected chi connectivity index (χ3v) is 3.97. The second kappa shape index (κ2) is 5.69. The molecule has 0 atom stereocenters. The summed E-state index contributed by atoms with van der Waals surface area (Å²) >= 11 is 0. The number of aliphatic hydroxyl groups excluding tert-OH is 1. The van der Waals surface area contributed by atoms with Gasteiger partial charge in [0.15, 0.2) is 0 Å². The average Bonchev–Trinajstić information content (AvgIpc) is 2.95. The number of carbonyl (C=O) groups is 1. The fourth-order valence-electron chi connectivity index (χ4n) is 2.71. The number of aliphatic hydroxyl groups is 1. The van der Waals surface area contributed by atoms with E-state index >= 15 is 0 Å². The molecule has 1 aliphatic carbocycles. The zero-order chi connectivity index (χ0) is 14.8. The largest absolute Gasteiger partial charge is 0.393 e. The molecule has 1 aliphatic rings. The third kappa shape index (κ3) is 2.97. The summed E-state index contributed by atoms with van der Waals surface area (Å²) in [5, 5.41) is 16.3. The molecule has 1 aromatic carbocycles. The number of amides is 1. The lowest BCUT2D eigenvalue weighted by atomic mass is 9.82. The highest BCUT2D eigenvalue weighted by Crippen LogP contribution is 2.28. The predicted octanol–water partition coefficient (Wildman–Crippen LogP) is 1.92. The van der Waals surface area contributed by atoms with Gasteiger partial charge in [-0.2, -0.15) is 5.10 Å². The Morgan fingerprint density at radius 2 is 2.10 bits per heavy atom. The van der Waals surface area contributed by atoms with E-state index in [1.165, 1.54) is 0 Å². The van der Waals surface area contributed by atoms with Crippen molar-refractivity contribution in [2.45, 2.75) is 18.9 Å². The Hall–Kier alpha value is -2.14. The number of nitrogens with zero attached hydrogens (tertiary/aromatic N) is 2. The van der Waals surface area contributed by atoms with Crippen molar-refractivity contribution in [3.05, 3.63) is 42.1 Å². The molecule has 1 amide bonds. The predicted molar refractivity (Wildman–Crippen MR) is 79.7 cm³/mol. The molecule has 1 fully saturated rings. The molecule has 2 N–H and O–H groups in total. The van der Waals surface area contributed by atoms with Gasteiger partial charge in [-0.05, 0) is 24.8 Å². The minimum Gasteiger partial charge on any atom is -0.393 e. The summed E-state index contributed by atoms with van der Waals surface area (Å²) in [6, 6.07) is 11.5. The van der Waals surface area contributed by atoms with Crippen molar-refractivity contribution in [1.82, 2.24) is 15.1 Å². The SMILES string of the molecule is CN(CC1CC(O)C1)C(=O)c1cc(-c2ccccc2)n[nH]1.